The maximum absolute atomic E-state index is 12.9. The van der Waals surface area contributed by atoms with E-state index in [9.17, 15) is 4.79 Å². The van der Waals surface area contributed by atoms with Crippen LogP contribution < -0.4 is 5.32 Å². The van der Waals surface area contributed by atoms with Gasteiger partial charge in [0.15, 0.2) is 0 Å². The van der Waals surface area contributed by atoms with Gasteiger partial charge in [0.1, 0.15) is 0 Å². The lowest BCUT2D eigenvalue weighted by Gasteiger charge is -2.15. The van der Waals surface area contributed by atoms with Gasteiger partial charge in [-0.25, -0.2) is 4.98 Å². The number of hydrogen-bond donors (Lipinski definition) is 1. The molecule has 0 spiro atoms. The highest BCUT2D eigenvalue weighted by atomic mass is 35.5. The number of rotatable bonds is 4. The normalized spacial score (nSPS) is 11.1. The average Bonchev–Trinajstić information content (AvgIpc) is 2.60. The number of benzene rings is 2. The van der Waals surface area contributed by atoms with Crippen LogP contribution in [0.3, 0.4) is 0 Å². The van der Waals surface area contributed by atoms with Crippen LogP contribution in [0.2, 0.25) is 5.02 Å². The summed E-state index contributed by atoms with van der Waals surface area (Å²) in [6.07, 6.45) is 0. The maximum Gasteiger partial charge on any atom is 0.252 e. The summed E-state index contributed by atoms with van der Waals surface area (Å²) in [6.45, 7) is 6.76. The minimum atomic E-state index is -0.0555. The number of fused-ring (bicyclic) bond motifs is 1. The molecule has 2 aromatic carbocycles. The highest BCUT2D eigenvalue weighted by Gasteiger charge is 2.18. The largest absolute Gasteiger partial charge is 0.352 e. The minimum absolute atomic E-state index is 0.0555. The van der Waals surface area contributed by atoms with Gasteiger partial charge in [0, 0.05) is 22.5 Å². The van der Waals surface area contributed by atoms with E-state index in [0.29, 0.717) is 23.0 Å². The molecule has 1 aromatic heterocycles. The quantitative estimate of drug-likeness (QED) is 0.696. The molecule has 0 unspecified atom stereocenters. The van der Waals surface area contributed by atoms with Gasteiger partial charge in [-0.05, 0) is 36.6 Å². The lowest BCUT2D eigenvalue weighted by Crippen LogP contribution is -2.28. The number of halogens is 1. The van der Waals surface area contributed by atoms with Gasteiger partial charge < -0.3 is 5.32 Å². The maximum atomic E-state index is 12.9. The molecule has 128 valence electrons. The smallest absolute Gasteiger partial charge is 0.252 e. The van der Waals surface area contributed by atoms with Crippen LogP contribution in [-0.2, 0) is 0 Å². The van der Waals surface area contributed by atoms with Crippen molar-refractivity contribution in [3.63, 3.8) is 0 Å². The van der Waals surface area contributed by atoms with E-state index in [2.05, 4.69) is 19.2 Å². The number of nitrogens with one attached hydrogen (secondary N) is 1. The Hall–Kier alpha value is -2.39. The molecule has 3 aromatic rings. The van der Waals surface area contributed by atoms with Gasteiger partial charge in [-0.3, -0.25) is 4.79 Å². The fraction of sp³-hybridized carbons (Fsp3) is 0.238. The summed E-state index contributed by atoms with van der Waals surface area (Å²) < 4.78 is 0. The molecule has 3 nitrogen and oxygen atoms in total. The van der Waals surface area contributed by atoms with Crippen LogP contribution in [0.1, 0.15) is 29.8 Å². The van der Waals surface area contributed by atoms with E-state index in [1.54, 1.807) is 0 Å². The van der Waals surface area contributed by atoms with Crippen LogP contribution in [0.4, 0.5) is 0 Å². The Bertz CT molecular complexity index is 917. The standard InChI is InChI=1S/C21H21ClN2O/c1-13(2)12-23-21(25)19-14(3)20(15-8-10-16(22)11-9-15)24-18-7-5-4-6-17(18)19/h4-11,13H,12H2,1-3H3,(H,23,25). The van der Waals surface area contributed by atoms with Crippen LogP contribution in [0.5, 0.6) is 0 Å². The van der Waals surface area contributed by atoms with E-state index in [-0.39, 0.29) is 5.91 Å². The van der Waals surface area contributed by atoms with Gasteiger partial charge in [0.25, 0.3) is 5.91 Å². The minimum Gasteiger partial charge on any atom is -0.352 e. The first kappa shape index (κ1) is 17.4. The zero-order chi connectivity index (χ0) is 18.0. The van der Waals surface area contributed by atoms with Crippen molar-refractivity contribution < 1.29 is 4.79 Å². The lowest BCUT2D eigenvalue weighted by atomic mass is 9.97. The Labute approximate surface area is 153 Å². The summed E-state index contributed by atoms with van der Waals surface area (Å²) in [6, 6.07) is 15.3. The van der Waals surface area contributed by atoms with Crippen LogP contribution in [0, 0.1) is 12.8 Å². The molecule has 0 fully saturated rings. The summed E-state index contributed by atoms with van der Waals surface area (Å²) in [5.41, 5.74) is 4.14. The number of nitrogens with zero attached hydrogens (tertiary/aromatic N) is 1. The molecule has 0 aliphatic heterocycles. The molecule has 3 rings (SSSR count). The Morgan fingerprint density at radius 1 is 1.12 bits per heavy atom. The molecule has 1 N–H and O–H groups in total. The summed E-state index contributed by atoms with van der Waals surface area (Å²) in [4.78, 5) is 17.7. The SMILES string of the molecule is Cc1c(-c2ccc(Cl)cc2)nc2ccccc2c1C(=O)NCC(C)C. The zero-order valence-corrected chi connectivity index (χ0v) is 15.4. The fourth-order valence-corrected chi connectivity index (χ4v) is 3.00. The molecule has 4 heteroatoms. The molecule has 0 atom stereocenters. The molecule has 0 saturated carbocycles. The second kappa shape index (κ2) is 7.24. The van der Waals surface area contributed by atoms with Gasteiger partial charge in [0.2, 0.25) is 0 Å². The Balaban J connectivity index is 2.18. The summed E-state index contributed by atoms with van der Waals surface area (Å²) in [7, 11) is 0. The lowest BCUT2D eigenvalue weighted by molar-refractivity contribution is 0.0950. The van der Waals surface area contributed by atoms with Crippen molar-refractivity contribution in [2.45, 2.75) is 20.8 Å². The monoisotopic (exact) mass is 352 g/mol. The Kier molecular flexibility index (Phi) is 5.05. The summed E-state index contributed by atoms with van der Waals surface area (Å²) in [5, 5.41) is 4.58. The molecule has 1 amide bonds. The Morgan fingerprint density at radius 3 is 2.48 bits per heavy atom. The summed E-state index contributed by atoms with van der Waals surface area (Å²) >= 11 is 6.00. The van der Waals surface area contributed by atoms with E-state index in [1.165, 1.54) is 0 Å². The molecular weight excluding hydrogens is 332 g/mol. The van der Waals surface area contributed by atoms with Gasteiger partial charge in [-0.15, -0.1) is 0 Å². The second-order valence-corrected chi connectivity index (χ2v) is 7.02. The molecule has 0 aliphatic rings. The molecule has 25 heavy (non-hydrogen) atoms. The summed E-state index contributed by atoms with van der Waals surface area (Å²) in [5.74, 6) is 0.341. The third-order valence-corrected chi connectivity index (χ3v) is 4.40. The zero-order valence-electron chi connectivity index (χ0n) is 14.6. The average molecular weight is 353 g/mol. The van der Waals surface area contributed by atoms with Crippen LogP contribution >= 0.6 is 11.6 Å². The molecule has 1 heterocycles. The first-order valence-corrected chi connectivity index (χ1v) is 8.78. The van der Waals surface area contributed by atoms with Crippen LogP contribution in [0.15, 0.2) is 48.5 Å². The van der Waals surface area contributed by atoms with E-state index < -0.39 is 0 Å². The van der Waals surface area contributed by atoms with Gasteiger partial charge in [-0.2, -0.15) is 0 Å². The molecule has 0 bridgehead atoms. The van der Waals surface area contributed by atoms with Gasteiger partial charge in [0.05, 0.1) is 16.8 Å². The first-order valence-electron chi connectivity index (χ1n) is 8.41. The topological polar surface area (TPSA) is 42.0 Å². The number of para-hydroxylation sites is 1. The number of carbonyl (C=O) groups is 1. The first-order chi connectivity index (χ1) is 12.0. The number of amides is 1. The molecule has 0 saturated heterocycles. The fourth-order valence-electron chi connectivity index (χ4n) is 2.87. The predicted molar refractivity (Wildman–Crippen MR) is 104 cm³/mol. The van der Waals surface area contributed by atoms with Gasteiger partial charge >= 0.3 is 0 Å². The van der Waals surface area contributed by atoms with E-state index in [0.717, 1.165) is 27.7 Å². The van der Waals surface area contributed by atoms with Crippen molar-refractivity contribution in [1.82, 2.24) is 10.3 Å². The van der Waals surface area contributed by atoms with Crippen molar-refractivity contribution in [1.29, 1.82) is 0 Å². The number of hydrogen-bond acceptors (Lipinski definition) is 2. The number of pyridine rings is 1. The third-order valence-electron chi connectivity index (χ3n) is 4.15. The molecule has 0 aliphatic carbocycles. The van der Waals surface area contributed by atoms with Crippen LogP contribution in [0.25, 0.3) is 22.2 Å². The number of aromatic nitrogens is 1. The highest BCUT2D eigenvalue weighted by molar-refractivity contribution is 6.30. The van der Waals surface area contributed by atoms with Crippen LogP contribution in [-0.4, -0.2) is 17.4 Å². The van der Waals surface area contributed by atoms with Crippen molar-refractivity contribution in [3.8, 4) is 11.3 Å². The van der Waals surface area contributed by atoms with Gasteiger partial charge in [-0.1, -0.05) is 55.8 Å². The van der Waals surface area contributed by atoms with E-state index in [4.69, 9.17) is 16.6 Å². The van der Waals surface area contributed by atoms with E-state index in [1.807, 2.05) is 55.5 Å². The van der Waals surface area contributed by atoms with E-state index >= 15 is 0 Å². The molecular formula is C21H21ClN2O. The van der Waals surface area contributed by atoms with Crippen molar-refractivity contribution >= 4 is 28.4 Å². The highest BCUT2D eigenvalue weighted by Crippen LogP contribution is 2.30. The second-order valence-electron chi connectivity index (χ2n) is 6.59. The number of carbonyl (C=O) groups excluding carboxylic acids is 1. The van der Waals surface area contributed by atoms with Crippen molar-refractivity contribution in [2.24, 2.45) is 5.92 Å². The predicted octanol–water partition coefficient (Wildman–Crippen LogP) is 5.25. The van der Waals surface area contributed by atoms with Crippen molar-refractivity contribution in [2.75, 3.05) is 6.54 Å². The molecule has 0 radical (unpaired) electrons. The van der Waals surface area contributed by atoms with Crippen molar-refractivity contribution in [3.05, 3.63) is 64.7 Å². The third kappa shape index (κ3) is 3.67. The Morgan fingerprint density at radius 2 is 1.80 bits per heavy atom.